The van der Waals surface area contributed by atoms with Gasteiger partial charge in [-0.2, -0.15) is 0 Å². The lowest BCUT2D eigenvalue weighted by molar-refractivity contribution is -0.380. The summed E-state index contributed by atoms with van der Waals surface area (Å²) in [5.41, 5.74) is 1.72. The highest BCUT2D eigenvalue weighted by Gasteiger charge is 2.14. The van der Waals surface area contributed by atoms with E-state index >= 15 is 0 Å². The Morgan fingerprint density at radius 3 is 2.88 bits per heavy atom. The minimum Gasteiger partial charge on any atom is -0.274 e. The average Bonchev–Trinajstić information content (AvgIpc) is 2.95. The fourth-order valence-corrected chi connectivity index (χ4v) is 2.28. The van der Waals surface area contributed by atoms with Crippen LogP contribution in [0.1, 0.15) is 0 Å². The van der Waals surface area contributed by atoms with E-state index in [1.165, 1.54) is 6.20 Å². The molecule has 0 radical (unpaired) electrons. The first-order valence-electron chi connectivity index (χ1n) is 4.78. The number of hydrogen-bond donors (Lipinski definition) is 0. The maximum absolute atomic E-state index is 10.6. The molecular weight excluding hydrogens is 240 g/mol. The summed E-state index contributed by atoms with van der Waals surface area (Å²) in [6, 6.07) is 7.57. The zero-order valence-electron chi connectivity index (χ0n) is 8.48. The lowest BCUT2D eigenvalue weighted by Crippen LogP contribution is -1.89. The quantitative estimate of drug-likeness (QED) is 0.514. The molecular formula is C10H6N4O2S. The van der Waals surface area contributed by atoms with Crippen molar-refractivity contribution in [1.82, 2.24) is 14.5 Å². The number of rotatable bonds is 2. The van der Waals surface area contributed by atoms with E-state index in [2.05, 4.69) is 9.97 Å². The molecule has 0 saturated heterocycles. The van der Waals surface area contributed by atoms with Gasteiger partial charge in [-0.1, -0.05) is 12.1 Å². The largest absolute Gasteiger partial charge is 0.345 e. The molecule has 2 aromatic heterocycles. The molecule has 84 valence electrons. The molecule has 17 heavy (non-hydrogen) atoms. The molecule has 2 heterocycles. The molecule has 0 aliphatic heterocycles. The molecule has 0 bridgehead atoms. The van der Waals surface area contributed by atoms with Crippen molar-refractivity contribution in [1.29, 1.82) is 0 Å². The summed E-state index contributed by atoms with van der Waals surface area (Å²) in [6.07, 6.45) is 2.88. The molecule has 7 heteroatoms. The van der Waals surface area contributed by atoms with Crippen LogP contribution in [0.25, 0.3) is 16.2 Å². The van der Waals surface area contributed by atoms with Gasteiger partial charge in [0.2, 0.25) is 5.13 Å². The third-order valence-electron chi connectivity index (χ3n) is 2.32. The molecule has 0 amide bonds. The molecule has 0 N–H and O–H groups in total. The maximum Gasteiger partial charge on any atom is 0.345 e. The monoisotopic (exact) mass is 246 g/mol. The van der Waals surface area contributed by atoms with Crippen LogP contribution in [0.3, 0.4) is 0 Å². The van der Waals surface area contributed by atoms with Gasteiger partial charge >= 0.3 is 5.00 Å². The van der Waals surface area contributed by atoms with Crippen LogP contribution >= 0.6 is 11.3 Å². The molecule has 0 aliphatic rings. The van der Waals surface area contributed by atoms with Crippen molar-refractivity contribution in [2.24, 2.45) is 0 Å². The minimum absolute atomic E-state index is 0.0257. The van der Waals surface area contributed by atoms with Crippen LogP contribution in [-0.2, 0) is 0 Å². The number of para-hydroxylation sites is 2. The van der Waals surface area contributed by atoms with Gasteiger partial charge in [-0.15, -0.1) is 0 Å². The highest BCUT2D eigenvalue weighted by molar-refractivity contribution is 7.17. The third-order valence-corrected chi connectivity index (χ3v) is 3.27. The van der Waals surface area contributed by atoms with E-state index in [0.29, 0.717) is 5.13 Å². The fourth-order valence-electron chi connectivity index (χ4n) is 1.56. The van der Waals surface area contributed by atoms with Gasteiger partial charge in [0.15, 0.2) is 0 Å². The van der Waals surface area contributed by atoms with Crippen LogP contribution < -0.4 is 0 Å². The summed E-state index contributed by atoms with van der Waals surface area (Å²) in [5.74, 6) is 0. The second kappa shape index (κ2) is 3.63. The maximum atomic E-state index is 10.6. The Morgan fingerprint density at radius 1 is 1.29 bits per heavy atom. The van der Waals surface area contributed by atoms with Gasteiger partial charge in [0.1, 0.15) is 12.5 Å². The van der Waals surface area contributed by atoms with Crippen LogP contribution in [0.4, 0.5) is 5.00 Å². The zero-order valence-corrected chi connectivity index (χ0v) is 9.29. The Bertz CT molecular complexity index is 703. The summed E-state index contributed by atoms with van der Waals surface area (Å²) >= 11 is 1.03. The summed E-state index contributed by atoms with van der Waals surface area (Å²) in [5, 5.41) is 11.2. The van der Waals surface area contributed by atoms with E-state index in [4.69, 9.17) is 0 Å². The smallest absolute Gasteiger partial charge is 0.274 e. The van der Waals surface area contributed by atoms with Crippen molar-refractivity contribution in [2.45, 2.75) is 0 Å². The van der Waals surface area contributed by atoms with E-state index in [1.807, 2.05) is 24.3 Å². The fraction of sp³-hybridized carbons (Fsp3) is 0. The number of nitrogens with zero attached hydrogens (tertiary/aromatic N) is 4. The van der Waals surface area contributed by atoms with Crippen LogP contribution in [-0.4, -0.2) is 19.5 Å². The van der Waals surface area contributed by atoms with Crippen LogP contribution in [0.5, 0.6) is 0 Å². The second-order valence-electron chi connectivity index (χ2n) is 3.34. The second-order valence-corrected chi connectivity index (χ2v) is 4.33. The Balaban J connectivity index is 2.17. The Hall–Kier alpha value is -2.28. The lowest BCUT2D eigenvalue weighted by atomic mass is 10.3. The molecule has 0 fully saturated rings. The van der Waals surface area contributed by atoms with Crippen molar-refractivity contribution in [2.75, 3.05) is 0 Å². The van der Waals surface area contributed by atoms with Crippen LogP contribution in [0.2, 0.25) is 0 Å². The predicted molar refractivity (Wildman–Crippen MR) is 63.4 cm³/mol. The SMILES string of the molecule is O=[N+]([O-])c1cnc(-n2cnc3ccccc32)s1. The van der Waals surface area contributed by atoms with Crippen molar-refractivity contribution in [3.05, 3.63) is 46.9 Å². The summed E-state index contributed by atoms with van der Waals surface area (Å²) in [7, 11) is 0. The molecule has 1 aromatic carbocycles. The first kappa shape index (κ1) is 9.91. The van der Waals surface area contributed by atoms with E-state index in [-0.39, 0.29) is 5.00 Å². The van der Waals surface area contributed by atoms with Crippen molar-refractivity contribution >= 4 is 27.4 Å². The molecule has 0 aliphatic carbocycles. The van der Waals surface area contributed by atoms with Gasteiger partial charge in [-0.05, 0) is 23.5 Å². The summed E-state index contributed by atoms with van der Waals surface area (Å²) in [6.45, 7) is 0. The minimum atomic E-state index is -0.444. The Morgan fingerprint density at radius 2 is 2.12 bits per heavy atom. The number of imidazole rings is 1. The summed E-state index contributed by atoms with van der Waals surface area (Å²) < 4.78 is 1.74. The van der Waals surface area contributed by atoms with E-state index in [0.717, 1.165) is 22.4 Å². The van der Waals surface area contributed by atoms with Gasteiger partial charge in [-0.3, -0.25) is 14.7 Å². The van der Waals surface area contributed by atoms with Crippen molar-refractivity contribution < 1.29 is 4.92 Å². The summed E-state index contributed by atoms with van der Waals surface area (Å²) in [4.78, 5) is 18.4. The number of fused-ring (bicyclic) bond motifs is 1. The normalized spacial score (nSPS) is 10.8. The average molecular weight is 246 g/mol. The number of thiazole rings is 1. The standard InChI is InChI=1S/C10H6N4O2S/c15-14(16)9-5-11-10(17-9)13-6-12-7-3-1-2-4-8(7)13/h1-6H. The zero-order chi connectivity index (χ0) is 11.8. The van der Waals surface area contributed by atoms with Crippen molar-refractivity contribution in [3.63, 3.8) is 0 Å². The molecule has 3 rings (SSSR count). The van der Waals surface area contributed by atoms with E-state index < -0.39 is 4.92 Å². The van der Waals surface area contributed by atoms with Crippen molar-refractivity contribution in [3.8, 4) is 5.13 Å². The van der Waals surface area contributed by atoms with Crippen LogP contribution in [0.15, 0.2) is 36.8 Å². The topological polar surface area (TPSA) is 73.8 Å². The number of hydrogen-bond acceptors (Lipinski definition) is 5. The van der Waals surface area contributed by atoms with Gasteiger partial charge < -0.3 is 0 Å². The Kier molecular flexibility index (Phi) is 2.12. The molecule has 3 aromatic rings. The molecule has 0 saturated carbocycles. The third kappa shape index (κ3) is 1.56. The number of nitro groups is 1. The van der Waals surface area contributed by atoms with Gasteiger partial charge in [0, 0.05) is 0 Å². The van der Waals surface area contributed by atoms with Crippen LogP contribution in [0, 0.1) is 10.1 Å². The molecule has 0 unspecified atom stereocenters. The predicted octanol–water partition coefficient (Wildman–Crippen LogP) is 2.39. The molecule has 0 atom stereocenters. The Labute approximate surface area is 99.3 Å². The van der Waals surface area contributed by atoms with E-state index in [9.17, 15) is 10.1 Å². The van der Waals surface area contributed by atoms with Gasteiger partial charge in [0.25, 0.3) is 0 Å². The highest BCUT2D eigenvalue weighted by atomic mass is 32.1. The van der Waals surface area contributed by atoms with E-state index in [1.54, 1.807) is 10.9 Å². The number of benzene rings is 1. The molecule has 6 nitrogen and oxygen atoms in total. The molecule has 0 spiro atoms. The van der Waals surface area contributed by atoms with Gasteiger partial charge in [0.05, 0.1) is 16.0 Å². The van der Waals surface area contributed by atoms with Gasteiger partial charge in [-0.25, -0.2) is 9.97 Å². The lowest BCUT2D eigenvalue weighted by Gasteiger charge is -1.96. The first-order chi connectivity index (χ1) is 8.25. The first-order valence-corrected chi connectivity index (χ1v) is 5.60. The number of aromatic nitrogens is 3. The highest BCUT2D eigenvalue weighted by Crippen LogP contribution is 2.26.